The molecule has 1 saturated heterocycles. The standard InChI is InChI=1S/C21H23N3O4/c25-21(11-10-18-8-4-5-9-20(18)24(26)27)22-19(17-6-2-1-3-7-17)16-23-12-14-28-15-13-23/h1-11,19H,12-16H2,(H,22,25)/b11-10+/t19-/m0/s1. The molecule has 0 aliphatic carbocycles. The molecule has 2 aromatic carbocycles. The molecule has 1 aliphatic rings. The lowest BCUT2D eigenvalue weighted by Crippen LogP contribution is -2.42. The van der Waals surface area contributed by atoms with Crippen LogP contribution in [-0.2, 0) is 9.53 Å². The molecule has 2 aromatic rings. The van der Waals surface area contributed by atoms with Crippen molar-refractivity contribution >= 4 is 17.7 Å². The summed E-state index contributed by atoms with van der Waals surface area (Å²) in [6, 6.07) is 15.9. The molecule has 146 valence electrons. The molecule has 0 spiro atoms. The van der Waals surface area contributed by atoms with Crippen LogP contribution in [-0.4, -0.2) is 48.6 Å². The number of nitro benzene ring substituents is 1. The molecule has 1 atom stereocenters. The van der Waals surface area contributed by atoms with Gasteiger partial charge in [0.25, 0.3) is 5.69 Å². The maximum atomic E-state index is 12.5. The number of ether oxygens (including phenoxy) is 1. The van der Waals surface area contributed by atoms with E-state index in [1.165, 1.54) is 18.2 Å². The van der Waals surface area contributed by atoms with Gasteiger partial charge in [-0.2, -0.15) is 0 Å². The fraction of sp³-hybridized carbons (Fsp3) is 0.286. The van der Waals surface area contributed by atoms with E-state index >= 15 is 0 Å². The average Bonchev–Trinajstić information content (AvgIpc) is 2.73. The first-order chi connectivity index (χ1) is 13.6. The number of amides is 1. The molecule has 0 unspecified atom stereocenters. The first-order valence-corrected chi connectivity index (χ1v) is 9.20. The van der Waals surface area contributed by atoms with Crippen molar-refractivity contribution in [3.63, 3.8) is 0 Å². The highest BCUT2D eigenvalue weighted by atomic mass is 16.6. The summed E-state index contributed by atoms with van der Waals surface area (Å²) < 4.78 is 5.39. The van der Waals surface area contributed by atoms with E-state index in [1.54, 1.807) is 18.2 Å². The van der Waals surface area contributed by atoms with Gasteiger partial charge in [0.15, 0.2) is 0 Å². The molecule has 7 heteroatoms. The second-order valence-corrected chi connectivity index (χ2v) is 6.53. The minimum absolute atomic E-state index is 0.0283. The smallest absolute Gasteiger partial charge is 0.276 e. The summed E-state index contributed by atoms with van der Waals surface area (Å²) in [5.74, 6) is -0.291. The number of nitrogens with one attached hydrogen (secondary N) is 1. The van der Waals surface area contributed by atoms with E-state index in [0.717, 1.165) is 18.7 Å². The molecule has 1 heterocycles. The fourth-order valence-corrected chi connectivity index (χ4v) is 3.14. The van der Waals surface area contributed by atoms with Gasteiger partial charge in [-0.3, -0.25) is 19.8 Å². The Kier molecular flexibility index (Phi) is 6.89. The van der Waals surface area contributed by atoms with Crippen LogP contribution < -0.4 is 5.32 Å². The summed E-state index contributed by atoms with van der Waals surface area (Å²) in [6.07, 6.45) is 2.82. The number of para-hydroxylation sites is 1. The van der Waals surface area contributed by atoms with Crippen LogP contribution in [0.1, 0.15) is 17.2 Å². The molecule has 1 N–H and O–H groups in total. The molecule has 0 bridgehead atoms. The third kappa shape index (κ3) is 5.48. The number of hydrogen-bond donors (Lipinski definition) is 1. The number of nitrogens with zero attached hydrogens (tertiary/aromatic N) is 2. The molecule has 0 aromatic heterocycles. The summed E-state index contributed by atoms with van der Waals surface area (Å²) in [6.45, 7) is 3.70. The number of morpholine rings is 1. The lowest BCUT2D eigenvalue weighted by atomic mass is 10.1. The topological polar surface area (TPSA) is 84.7 Å². The maximum absolute atomic E-state index is 12.5. The van der Waals surface area contributed by atoms with Crippen molar-refractivity contribution in [2.75, 3.05) is 32.8 Å². The molecule has 0 saturated carbocycles. The zero-order chi connectivity index (χ0) is 19.8. The lowest BCUT2D eigenvalue weighted by Gasteiger charge is -2.31. The predicted molar refractivity (Wildman–Crippen MR) is 107 cm³/mol. The summed E-state index contributed by atoms with van der Waals surface area (Å²) in [5, 5.41) is 14.1. The molecule has 1 amide bonds. The Morgan fingerprint density at radius 1 is 1.14 bits per heavy atom. The second-order valence-electron chi connectivity index (χ2n) is 6.53. The minimum atomic E-state index is -0.456. The van der Waals surface area contributed by atoms with Gasteiger partial charge in [0, 0.05) is 31.8 Å². The molecule has 7 nitrogen and oxygen atoms in total. The quantitative estimate of drug-likeness (QED) is 0.453. The largest absolute Gasteiger partial charge is 0.379 e. The van der Waals surface area contributed by atoms with Crippen molar-refractivity contribution in [1.29, 1.82) is 0 Å². The Hall–Kier alpha value is -3.03. The Labute approximate surface area is 163 Å². The normalized spacial score (nSPS) is 16.0. The van der Waals surface area contributed by atoms with Crippen molar-refractivity contribution in [1.82, 2.24) is 10.2 Å². The monoisotopic (exact) mass is 381 g/mol. The van der Waals surface area contributed by atoms with Crippen LogP contribution in [0.25, 0.3) is 6.08 Å². The summed E-state index contributed by atoms with van der Waals surface area (Å²) in [5.41, 5.74) is 1.38. The summed E-state index contributed by atoms with van der Waals surface area (Å²) in [4.78, 5) is 25.4. The number of carbonyl (C=O) groups is 1. The zero-order valence-electron chi connectivity index (χ0n) is 15.5. The fourth-order valence-electron chi connectivity index (χ4n) is 3.14. The van der Waals surface area contributed by atoms with Gasteiger partial charge in [-0.05, 0) is 17.7 Å². The van der Waals surface area contributed by atoms with Gasteiger partial charge >= 0.3 is 0 Å². The highest BCUT2D eigenvalue weighted by Crippen LogP contribution is 2.19. The first-order valence-electron chi connectivity index (χ1n) is 9.20. The number of carbonyl (C=O) groups excluding carboxylic acids is 1. The number of benzene rings is 2. The van der Waals surface area contributed by atoms with Crippen molar-refractivity contribution in [3.05, 3.63) is 81.9 Å². The van der Waals surface area contributed by atoms with Crippen LogP contribution in [0.5, 0.6) is 0 Å². The van der Waals surface area contributed by atoms with Gasteiger partial charge in [-0.15, -0.1) is 0 Å². The first kappa shape index (κ1) is 19.7. The number of nitro groups is 1. The van der Waals surface area contributed by atoms with E-state index in [9.17, 15) is 14.9 Å². The molecule has 0 radical (unpaired) electrons. The van der Waals surface area contributed by atoms with Crippen LogP contribution in [0.4, 0.5) is 5.69 Å². The van der Waals surface area contributed by atoms with E-state index in [0.29, 0.717) is 25.3 Å². The molecule has 28 heavy (non-hydrogen) atoms. The molecular weight excluding hydrogens is 358 g/mol. The highest BCUT2D eigenvalue weighted by Gasteiger charge is 2.19. The Morgan fingerprint density at radius 3 is 2.54 bits per heavy atom. The molecular formula is C21H23N3O4. The summed E-state index contributed by atoms with van der Waals surface area (Å²) in [7, 11) is 0. The van der Waals surface area contributed by atoms with Crippen LogP contribution in [0, 0.1) is 10.1 Å². The van der Waals surface area contributed by atoms with Gasteiger partial charge in [0.1, 0.15) is 0 Å². The third-order valence-electron chi connectivity index (χ3n) is 4.61. The van der Waals surface area contributed by atoms with Crippen molar-refractivity contribution in [2.45, 2.75) is 6.04 Å². The average molecular weight is 381 g/mol. The predicted octanol–water partition coefficient (Wildman–Crippen LogP) is 2.80. The van der Waals surface area contributed by atoms with Gasteiger partial charge in [0.05, 0.1) is 29.7 Å². The van der Waals surface area contributed by atoms with E-state index in [1.807, 2.05) is 30.3 Å². The van der Waals surface area contributed by atoms with Crippen LogP contribution in [0.2, 0.25) is 0 Å². The van der Waals surface area contributed by atoms with E-state index < -0.39 is 4.92 Å². The van der Waals surface area contributed by atoms with Crippen molar-refractivity contribution < 1.29 is 14.5 Å². The van der Waals surface area contributed by atoms with Crippen LogP contribution >= 0.6 is 0 Å². The summed E-state index contributed by atoms with van der Waals surface area (Å²) >= 11 is 0. The number of rotatable bonds is 7. The highest BCUT2D eigenvalue weighted by molar-refractivity contribution is 5.92. The molecule has 1 fully saturated rings. The maximum Gasteiger partial charge on any atom is 0.276 e. The van der Waals surface area contributed by atoms with Crippen molar-refractivity contribution in [2.24, 2.45) is 0 Å². The second kappa shape index (κ2) is 9.77. The van der Waals surface area contributed by atoms with Gasteiger partial charge in [-0.1, -0.05) is 42.5 Å². The van der Waals surface area contributed by atoms with Gasteiger partial charge in [0.2, 0.25) is 5.91 Å². The number of hydrogen-bond acceptors (Lipinski definition) is 5. The Morgan fingerprint density at radius 2 is 1.82 bits per heavy atom. The van der Waals surface area contributed by atoms with Gasteiger partial charge < -0.3 is 10.1 Å². The Balaban J connectivity index is 1.71. The lowest BCUT2D eigenvalue weighted by molar-refractivity contribution is -0.385. The molecule has 1 aliphatic heterocycles. The van der Waals surface area contributed by atoms with Gasteiger partial charge in [-0.25, -0.2) is 0 Å². The Bertz CT molecular complexity index is 833. The van der Waals surface area contributed by atoms with Crippen LogP contribution in [0.15, 0.2) is 60.7 Å². The SMILES string of the molecule is O=C(/C=C/c1ccccc1[N+](=O)[O-])N[C@@H](CN1CCOCC1)c1ccccc1. The molecule has 3 rings (SSSR count). The minimum Gasteiger partial charge on any atom is -0.379 e. The zero-order valence-corrected chi connectivity index (χ0v) is 15.5. The third-order valence-corrected chi connectivity index (χ3v) is 4.61. The van der Waals surface area contributed by atoms with E-state index in [-0.39, 0.29) is 17.6 Å². The van der Waals surface area contributed by atoms with E-state index in [2.05, 4.69) is 10.2 Å². The van der Waals surface area contributed by atoms with Crippen molar-refractivity contribution in [3.8, 4) is 0 Å². The van der Waals surface area contributed by atoms with E-state index in [4.69, 9.17) is 4.74 Å². The van der Waals surface area contributed by atoms with Crippen LogP contribution in [0.3, 0.4) is 0 Å².